The van der Waals surface area contributed by atoms with Crippen LogP contribution < -0.4 is 5.73 Å². The average Bonchev–Trinajstić information content (AvgIpc) is 2.54. The fraction of sp³-hybridized carbons (Fsp3) is 0.300. The second-order valence-corrected chi connectivity index (χ2v) is 7.83. The number of benzene rings is 2. The van der Waals surface area contributed by atoms with Gasteiger partial charge in [-0.15, -0.1) is 11.8 Å². The third-order valence-corrected chi connectivity index (χ3v) is 5.86. The first-order valence-electron chi connectivity index (χ1n) is 7.93. The monoisotopic (exact) mass is 325 g/mol. The van der Waals surface area contributed by atoms with E-state index in [1.54, 1.807) is 17.8 Å². The summed E-state index contributed by atoms with van der Waals surface area (Å²) in [6, 6.07) is 16.0. The molecule has 3 rings (SSSR count). The molecule has 0 heterocycles. The van der Waals surface area contributed by atoms with Crippen LogP contribution in [0.5, 0.6) is 5.75 Å². The highest BCUT2D eigenvalue weighted by Crippen LogP contribution is 2.41. The number of nitrogens with two attached hydrogens (primary N) is 1. The number of hydrogen-bond acceptors (Lipinski definition) is 3. The normalized spacial score (nSPS) is 22.9. The number of hydrogen-bond donors (Lipinski definition) is 2. The van der Waals surface area contributed by atoms with Gasteiger partial charge in [0.1, 0.15) is 5.75 Å². The molecule has 0 aliphatic heterocycles. The van der Waals surface area contributed by atoms with E-state index in [0.717, 1.165) is 6.42 Å². The Kier molecular flexibility index (Phi) is 4.51. The van der Waals surface area contributed by atoms with Gasteiger partial charge in [-0.25, -0.2) is 0 Å². The summed E-state index contributed by atoms with van der Waals surface area (Å²) in [5, 5.41) is 12.3. The summed E-state index contributed by atoms with van der Waals surface area (Å²) in [6.07, 6.45) is 3.07. The van der Waals surface area contributed by atoms with Crippen LogP contribution in [0.4, 0.5) is 0 Å². The third kappa shape index (κ3) is 3.31. The van der Waals surface area contributed by atoms with Gasteiger partial charge in [0, 0.05) is 16.7 Å². The Labute approximate surface area is 142 Å². The molecule has 2 nitrogen and oxygen atoms in total. The third-order valence-electron chi connectivity index (χ3n) is 4.76. The summed E-state index contributed by atoms with van der Waals surface area (Å²) in [4.78, 5) is 0. The van der Waals surface area contributed by atoms with Crippen molar-refractivity contribution in [3.63, 3.8) is 0 Å². The summed E-state index contributed by atoms with van der Waals surface area (Å²) in [5.74, 6) is 0.319. The van der Waals surface area contributed by atoms with Crippen molar-refractivity contribution in [3.05, 3.63) is 70.6 Å². The SMILES string of the molecule is CC1(C)c2cc(O)ccc2C[C@H](S/C=C/c2ccccc2)[C@H]1N. The fourth-order valence-corrected chi connectivity index (χ4v) is 4.47. The van der Waals surface area contributed by atoms with E-state index in [2.05, 4.69) is 37.5 Å². The molecule has 0 saturated carbocycles. The predicted molar refractivity (Wildman–Crippen MR) is 99.7 cm³/mol. The average molecular weight is 325 g/mol. The lowest BCUT2D eigenvalue weighted by Crippen LogP contribution is -2.52. The van der Waals surface area contributed by atoms with Gasteiger partial charge in [-0.2, -0.15) is 0 Å². The molecule has 0 aromatic heterocycles. The predicted octanol–water partition coefficient (Wildman–Crippen LogP) is 4.33. The van der Waals surface area contributed by atoms with Gasteiger partial charge in [0.05, 0.1) is 0 Å². The molecular weight excluding hydrogens is 302 g/mol. The lowest BCUT2D eigenvalue weighted by Gasteiger charge is -2.42. The minimum atomic E-state index is -0.148. The van der Waals surface area contributed by atoms with Crippen molar-refractivity contribution in [2.45, 2.75) is 37.0 Å². The van der Waals surface area contributed by atoms with Crippen LogP contribution in [0.2, 0.25) is 0 Å². The summed E-state index contributed by atoms with van der Waals surface area (Å²) in [5.41, 5.74) is 10.1. The largest absolute Gasteiger partial charge is 0.508 e. The standard InChI is InChI=1S/C20H23NOS/c1-20(2)17-13-16(22)9-8-15(17)12-18(19(20)21)23-11-10-14-6-4-3-5-7-14/h3-11,13,18-19,22H,12,21H2,1-2H3/b11-10+/t18-,19+/m0/s1. The van der Waals surface area contributed by atoms with Crippen molar-refractivity contribution >= 4 is 17.8 Å². The quantitative estimate of drug-likeness (QED) is 0.883. The number of phenols is 1. The van der Waals surface area contributed by atoms with Crippen LogP contribution >= 0.6 is 11.8 Å². The molecule has 23 heavy (non-hydrogen) atoms. The molecule has 0 fully saturated rings. The lowest BCUT2D eigenvalue weighted by atomic mass is 9.69. The van der Waals surface area contributed by atoms with Crippen molar-refractivity contribution in [1.29, 1.82) is 0 Å². The van der Waals surface area contributed by atoms with Crippen LogP contribution in [0, 0.1) is 0 Å². The number of rotatable bonds is 3. The van der Waals surface area contributed by atoms with Crippen LogP contribution in [-0.4, -0.2) is 16.4 Å². The van der Waals surface area contributed by atoms with E-state index in [4.69, 9.17) is 5.73 Å². The van der Waals surface area contributed by atoms with Crippen molar-refractivity contribution < 1.29 is 5.11 Å². The van der Waals surface area contributed by atoms with Crippen molar-refractivity contribution in [3.8, 4) is 5.75 Å². The molecule has 2 aromatic rings. The zero-order chi connectivity index (χ0) is 16.4. The number of fused-ring (bicyclic) bond motifs is 1. The van der Waals surface area contributed by atoms with Crippen LogP contribution in [0.3, 0.4) is 0 Å². The van der Waals surface area contributed by atoms with E-state index >= 15 is 0 Å². The van der Waals surface area contributed by atoms with Gasteiger partial charge < -0.3 is 10.8 Å². The van der Waals surface area contributed by atoms with Gasteiger partial charge >= 0.3 is 0 Å². The van der Waals surface area contributed by atoms with E-state index in [1.165, 1.54) is 16.7 Å². The maximum Gasteiger partial charge on any atom is 0.115 e. The minimum Gasteiger partial charge on any atom is -0.508 e. The molecule has 120 valence electrons. The molecule has 0 unspecified atom stereocenters. The molecule has 0 bridgehead atoms. The Morgan fingerprint density at radius 2 is 1.91 bits per heavy atom. The lowest BCUT2D eigenvalue weighted by molar-refractivity contribution is 0.369. The Morgan fingerprint density at radius 3 is 2.65 bits per heavy atom. The smallest absolute Gasteiger partial charge is 0.115 e. The Bertz CT molecular complexity index is 709. The molecule has 2 atom stereocenters. The topological polar surface area (TPSA) is 46.2 Å². The highest BCUT2D eigenvalue weighted by atomic mass is 32.2. The van der Waals surface area contributed by atoms with E-state index < -0.39 is 0 Å². The summed E-state index contributed by atoms with van der Waals surface area (Å²) < 4.78 is 0. The first-order chi connectivity index (χ1) is 11.0. The van der Waals surface area contributed by atoms with Crippen molar-refractivity contribution in [2.75, 3.05) is 0 Å². The first-order valence-corrected chi connectivity index (χ1v) is 8.88. The summed E-state index contributed by atoms with van der Waals surface area (Å²) in [6.45, 7) is 4.34. The Morgan fingerprint density at radius 1 is 1.17 bits per heavy atom. The second-order valence-electron chi connectivity index (χ2n) is 6.68. The van der Waals surface area contributed by atoms with E-state index in [1.807, 2.05) is 30.3 Å². The first kappa shape index (κ1) is 16.2. The molecule has 1 aliphatic carbocycles. The fourth-order valence-electron chi connectivity index (χ4n) is 3.25. The number of aromatic hydroxyl groups is 1. The van der Waals surface area contributed by atoms with Gasteiger partial charge in [0.15, 0.2) is 0 Å². The van der Waals surface area contributed by atoms with Gasteiger partial charge in [0.25, 0.3) is 0 Å². The van der Waals surface area contributed by atoms with E-state index in [9.17, 15) is 5.11 Å². The van der Waals surface area contributed by atoms with E-state index in [0.29, 0.717) is 11.0 Å². The molecule has 0 saturated heterocycles. The molecular formula is C20H23NOS. The molecule has 0 spiro atoms. The van der Waals surface area contributed by atoms with Crippen LogP contribution in [-0.2, 0) is 11.8 Å². The van der Waals surface area contributed by atoms with Gasteiger partial charge in [0.2, 0.25) is 0 Å². The highest BCUT2D eigenvalue weighted by molar-refractivity contribution is 8.02. The second kappa shape index (κ2) is 6.42. The van der Waals surface area contributed by atoms with Crippen LogP contribution in [0.15, 0.2) is 53.9 Å². The zero-order valence-electron chi connectivity index (χ0n) is 13.6. The van der Waals surface area contributed by atoms with Crippen molar-refractivity contribution in [2.24, 2.45) is 5.73 Å². The molecule has 3 N–H and O–H groups in total. The van der Waals surface area contributed by atoms with Crippen LogP contribution in [0.1, 0.15) is 30.5 Å². The van der Waals surface area contributed by atoms with Crippen LogP contribution in [0.25, 0.3) is 6.08 Å². The maximum absolute atomic E-state index is 9.78. The number of thioether (sulfide) groups is 1. The molecule has 1 aliphatic rings. The molecule has 0 amide bonds. The molecule has 0 radical (unpaired) electrons. The molecule has 3 heteroatoms. The van der Waals surface area contributed by atoms with Crippen molar-refractivity contribution in [1.82, 2.24) is 0 Å². The van der Waals surface area contributed by atoms with Gasteiger partial charge in [-0.05, 0) is 46.7 Å². The summed E-state index contributed by atoms with van der Waals surface area (Å²) >= 11 is 1.80. The summed E-state index contributed by atoms with van der Waals surface area (Å²) in [7, 11) is 0. The van der Waals surface area contributed by atoms with Gasteiger partial charge in [-0.3, -0.25) is 0 Å². The zero-order valence-corrected chi connectivity index (χ0v) is 14.4. The molecule has 2 aromatic carbocycles. The van der Waals surface area contributed by atoms with Gasteiger partial charge in [-0.1, -0.05) is 50.2 Å². The highest BCUT2D eigenvalue weighted by Gasteiger charge is 2.40. The Hall–Kier alpha value is -1.71. The minimum absolute atomic E-state index is 0.0437. The maximum atomic E-state index is 9.78. The Balaban J connectivity index is 1.79. The number of phenolic OH excluding ortho intramolecular Hbond substituents is 1. The van der Waals surface area contributed by atoms with E-state index in [-0.39, 0.29) is 11.5 Å².